The van der Waals surface area contributed by atoms with Crippen LogP contribution in [0.15, 0.2) is 29.2 Å². The molecule has 14 heavy (non-hydrogen) atoms. The van der Waals surface area contributed by atoms with Gasteiger partial charge < -0.3 is 5.73 Å². The van der Waals surface area contributed by atoms with Crippen LogP contribution >= 0.6 is 23.4 Å². The zero-order chi connectivity index (χ0) is 10.4. The summed E-state index contributed by atoms with van der Waals surface area (Å²) in [5.41, 5.74) is 5.92. The molecule has 0 saturated heterocycles. The Labute approximate surface area is 95.0 Å². The average molecular weight is 230 g/mol. The van der Waals surface area contributed by atoms with E-state index in [1.807, 2.05) is 24.3 Å². The van der Waals surface area contributed by atoms with E-state index in [1.165, 1.54) is 0 Å². The summed E-state index contributed by atoms with van der Waals surface area (Å²) in [7, 11) is 0. The quantitative estimate of drug-likeness (QED) is 0.782. The van der Waals surface area contributed by atoms with E-state index in [4.69, 9.17) is 17.3 Å². The molecule has 0 fully saturated rings. The molecule has 78 valence electrons. The van der Waals surface area contributed by atoms with Gasteiger partial charge in [-0.25, -0.2) is 0 Å². The van der Waals surface area contributed by atoms with Crippen molar-refractivity contribution in [1.29, 1.82) is 0 Å². The molecule has 0 aliphatic heterocycles. The summed E-state index contributed by atoms with van der Waals surface area (Å²) < 4.78 is 0. The van der Waals surface area contributed by atoms with E-state index in [1.54, 1.807) is 11.8 Å². The number of hydrogen-bond donors (Lipinski definition) is 1. The fourth-order valence-electron chi connectivity index (χ4n) is 1.21. The lowest BCUT2D eigenvalue weighted by Crippen LogP contribution is -2.22. The maximum atomic E-state index is 6.02. The smallest absolute Gasteiger partial charge is 0.0541 e. The molecule has 1 rings (SSSR count). The second-order valence-corrected chi connectivity index (χ2v) is 4.76. The minimum Gasteiger partial charge on any atom is -0.327 e. The van der Waals surface area contributed by atoms with Crippen LogP contribution in [0.1, 0.15) is 19.8 Å². The van der Waals surface area contributed by atoms with Crippen molar-refractivity contribution in [2.24, 2.45) is 5.73 Å². The highest BCUT2D eigenvalue weighted by molar-refractivity contribution is 7.99. The molecule has 0 heterocycles. The molecule has 1 aromatic carbocycles. The highest BCUT2D eigenvalue weighted by Crippen LogP contribution is 2.27. The summed E-state index contributed by atoms with van der Waals surface area (Å²) >= 11 is 7.76. The molecule has 1 nitrogen and oxygen atoms in total. The summed E-state index contributed by atoms with van der Waals surface area (Å²) in [6.07, 6.45) is 2.22. The van der Waals surface area contributed by atoms with Gasteiger partial charge in [0, 0.05) is 16.7 Å². The van der Waals surface area contributed by atoms with Crippen molar-refractivity contribution in [1.82, 2.24) is 0 Å². The second kappa shape index (κ2) is 6.33. The molecule has 0 spiro atoms. The molecule has 1 aromatic rings. The Hall–Kier alpha value is -0.180. The Morgan fingerprint density at radius 2 is 2.14 bits per heavy atom. The standard InChI is InChI=1S/C11H16ClNS/c1-2-5-9(13)8-14-11-7-4-3-6-10(11)12/h3-4,6-7,9H,2,5,8,13H2,1H3/t9-/m0/s1. The minimum atomic E-state index is 0.279. The molecule has 0 aliphatic carbocycles. The van der Waals surface area contributed by atoms with Crippen molar-refractivity contribution in [3.8, 4) is 0 Å². The predicted molar refractivity (Wildman–Crippen MR) is 65.1 cm³/mol. The van der Waals surface area contributed by atoms with Gasteiger partial charge in [0.2, 0.25) is 0 Å². The van der Waals surface area contributed by atoms with Crippen molar-refractivity contribution in [3.63, 3.8) is 0 Å². The Balaban J connectivity index is 2.41. The SMILES string of the molecule is CCC[C@H](N)CSc1ccccc1Cl. The van der Waals surface area contributed by atoms with Gasteiger partial charge in [-0.15, -0.1) is 11.8 Å². The topological polar surface area (TPSA) is 26.0 Å². The molecule has 0 bridgehead atoms. The summed E-state index contributed by atoms with van der Waals surface area (Å²) in [5.74, 6) is 0.942. The third kappa shape index (κ3) is 3.91. The van der Waals surface area contributed by atoms with Gasteiger partial charge in [0.15, 0.2) is 0 Å². The highest BCUT2D eigenvalue weighted by Gasteiger charge is 2.04. The summed E-state index contributed by atoms with van der Waals surface area (Å²) in [5, 5.41) is 0.821. The van der Waals surface area contributed by atoms with Crippen LogP contribution < -0.4 is 5.73 Å². The lowest BCUT2D eigenvalue weighted by atomic mass is 10.2. The Kier molecular flexibility index (Phi) is 5.38. The largest absolute Gasteiger partial charge is 0.327 e. The number of halogens is 1. The third-order valence-corrected chi connectivity index (χ3v) is 3.65. The van der Waals surface area contributed by atoms with E-state index in [0.29, 0.717) is 0 Å². The Morgan fingerprint density at radius 1 is 1.43 bits per heavy atom. The maximum Gasteiger partial charge on any atom is 0.0541 e. The fourth-order valence-corrected chi connectivity index (χ4v) is 2.45. The molecule has 1 atom stereocenters. The van der Waals surface area contributed by atoms with Crippen LogP contribution in [0.2, 0.25) is 5.02 Å². The summed E-state index contributed by atoms with van der Waals surface area (Å²) in [6, 6.07) is 8.17. The van der Waals surface area contributed by atoms with E-state index in [0.717, 1.165) is 28.5 Å². The van der Waals surface area contributed by atoms with E-state index < -0.39 is 0 Å². The number of thioether (sulfide) groups is 1. The molecular weight excluding hydrogens is 214 g/mol. The monoisotopic (exact) mass is 229 g/mol. The van der Waals surface area contributed by atoms with E-state index in [-0.39, 0.29) is 6.04 Å². The van der Waals surface area contributed by atoms with Crippen LogP contribution in [-0.4, -0.2) is 11.8 Å². The van der Waals surface area contributed by atoms with Crippen molar-refractivity contribution in [2.45, 2.75) is 30.7 Å². The third-order valence-electron chi connectivity index (χ3n) is 1.95. The predicted octanol–water partition coefficient (Wildman–Crippen LogP) is 3.56. The van der Waals surface area contributed by atoms with Crippen LogP contribution in [0.25, 0.3) is 0 Å². The van der Waals surface area contributed by atoms with Crippen LogP contribution in [-0.2, 0) is 0 Å². The van der Waals surface area contributed by atoms with Crippen molar-refractivity contribution in [2.75, 3.05) is 5.75 Å². The van der Waals surface area contributed by atoms with E-state index in [9.17, 15) is 0 Å². The molecule has 0 unspecified atom stereocenters. The maximum absolute atomic E-state index is 6.02. The minimum absolute atomic E-state index is 0.279. The van der Waals surface area contributed by atoms with Gasteiger partial charge in [-0.1, -0.05) is 37.1 Å². The van der Waals surface area contributed by atoms with Gasteiger partial charge in [0.1, 0.15) is 0 Å². The van der Waals surface area contributed by atoms with Crippen LogP contribution in [0.4, 0.5) is 0 Å². The molecule has 0 aliphatic rings. The second-order valence-electron chi connectivity index (χ2n) is 3.29. The van der Waals surface area contributed by atoms with Gasteiger partial charge in [-0.2, -0.15) is 0 Å². The Bertz CT molecular complexity index is 278. The number of nitrogens with two attached hydrogens (primary N) is 1. The van der Waals surface area contributed by atoms with Gasteiger partial charge in [-0.05, 0) is 18.6 Å². The first-order valence-corrected chi connectivity index (χ1v) is 6.23. The molecule has 0 aromatic heterocycles. The number of hydrogen-bond acceptors (Lipinski definition) is 2. The number of benzene rings is 1. The van der Waals surface area contributed by atoms with Crippen molar-refractivity contribution in [3.05, 3.63) is 29.3 Å². The zero-order valence-electron chi connectivity index (χ0n) is 8.37. The van der Waals surface area contributed by atoms with Crippen LogP contribution in [0.3, 0.4) is 0 Å². The van der Waals surface area contributed by atoms with E-state index in [2.05, 4.69) is 6.92 Å². The van der Waals surface area contributed by atoms with Gasteiger partial charge >= 0.3 is 0 Å². The molecule has 0 radical (unpaired) electrons. The van der Waals surface area contributed by atoms with Crippen LogP contribution in [0, 0.1) is 0 Å². The Morgan fingerprint density at radius 3 is 2.79 bits per heavy atom. The van der Waals surface area contributed by atoms with E-state index >= 15 is 0 Å². The fraction of sp³-hybridized carbons (Fsp3) is 0.455. The summed E-state index contributed by atoms with van der Waals surface area (Å²) in [4.78, 5) is 1.13. The lowest BCUT2D eigenvalue weighted by Gasteiger charge is -2.10. The van der Waals surface area contributed by atoms with Gasteiger partial charge in [-0.3, -0.25) is 0 Å². The van der Waals surface area contributed by atoms with Crippen LogP contribution in [0.5, 0.6) is 0 Å². The first-order chi connectivity index (χ1) is 6.74. The van der Waals surface area contributed by atoms with Gasteiger partial charge in [0.25, 0.3) is 0 Å². The first kappa shape index (κ1) is 11.9. The average Bonchev–Trinajstić information content (AvgIpc) is 2.17. The van der Waals surface area contributed by atoms with Crippen molar-refractivity contribution >= 4 is 23.4 Å². The molecular formula is C11H16ClNS. The number of rotatable bonds is 5. The molecule has 0 saturated carbocycles. The molecule has 2 N–H and O–H groups in total. The first-order valence-electron chi connectivity index (χ1n) is 4.87. The lowest BCUT2D eigenvalue weighted by molar-refractivity contribution is 0.661. The van der Waals surface area contributed by atoms with Gasteiger partial charge in [0.05, 0.1) is 5.02 Å². The summed E-state index contributed by atoms with van der Waals surface area (Å²) in [6.45, 7) is 2.15. The normalized spacial score (nSPS) is 12.8. The highest BCUT2D eigenvalue weighted by atomic mass is 35.5. The molecule has 0 amide bonds. The zero-order valence-corrected chi connectivity index (χ0v) is 9.94. The van der Waals surface area contributed by atoms with Crippen molar-refractivity contribution < 1.29 is 0 Å². The molecule has 3 heteroatoms.